The Balaban J connectivity index is 1.14. The SMILES string of the molecule is Cc1ccc(F)cc1-c1nnc(NC2C[C@@H]3CN(CC4CCOCC4)C[C@@H]3C2)c2sccc12. The second-order valence-electron chi connectivity index (χ2n) is 10.1. The van der Waals surface area contributed by atoms with Gasteiger partial charge in [-0.2, -0.15) is 0 Å². The lowest BCUT2D eigenvalue weighted by Crippen LogP contribution is -2.32. The van der Waals surface area contributed by atoms with E-state index in [0.29, 0.717) is 6.04 Å². The van der Waals surface area contributed by atoms with Crippen LogP contribution in [0.4, 0.5) is 10.2 Å². The van der Waals surface area contributed by atoms with Gasteiger partial charge < -0.3 is 15.0 Å². The highest BCUT2D eigenvalue weighted by Crippen LogP contribution is 2.41. The molecule has 7 heteroatoms. The molecule has 6 rings (SSSR count). The fourth-order valence-electron chi connectivity index (χ4n) is 6.17. The van der Waals surface area contributed by atoms with Crippen molar-refractivity contribution < 1.29 is 9.13 Å². The van der Waals surface area contributed by atoms with E-state index >= 15 is 0 Å². The van der Waals surface area contributed by atoms with Gasteiger partial charge in [0.15, 0.2) is 5.82 Å². The molecule has 1 aromatic carbocycles. The first-order chi connectivity index (χ1) is 16.1. The van der Waals surface area contributed by atoms with Crippen molar-refractivity contribution in [2.75, 3.05) is 38.2 Å². The van der Waals surface area contributed by atoms with Crippen LogP contribution in [-0.4, -0.2) is 54.0 Å². The van der Waals surface area contributed by atoms with E-state index in [9.17, 15) is 4.39 Å². The molecule has 3 fully saturated rings. The zero-order chi connectivity index (χ0) is 22.4. The van der Waals surface area contributed by atoms with Crippen molar-refractivity contribution in [3.05, 3.63) is 41.0 Å². The molecule has 4 heterocycles. The van der Waals surface area contributed by atoms with Crippen LogP contribution in [0.3, 0.4) is 0 Å². The van der Waals surface area contributed by atoms with Gasteiger partial charge in [-0.3, -0.25) is 0 Å². The van der Waals surface area contributed by atoms with E-state index in [1.165, 1.54) is 51.4 Å². The fraction of sp³-hybridized carbons (Fsp3) is 0.538. The summed E-state index contributed by atoms with van der Waals surface area (Å²) < 4.78 is 20.5. The average Bonchev–Trinajstić information content (AvgIpc) is 3.52. The quantitative estimate of drug-likeness (QED) is 0.549. The number of hydrogen-bond donors (Lipinski definition) is 1. The number of benzene rings is 1. The number of anilines is 1. The molecule has 0 amide bonds. The summed E-state index contributed by atoms with van der Waals surface area (Å²) in [7, 11) is 0. The second-order valence-corrected chi connectivity index (χ2v) is 11.0. The Morgan fingerprint density at radius 3 is 2.70 bits per heavy atom. The van der Waals surface area contributed by atoms with Crippen LogP contribution in [0.25, 0.3) is 21.3 Å². The highest BCUT2D eigenvalue weighted by Gasteiger charge is 2.41. The number of nitrogens with zero attached hydrogens (tertiary/aromatic N) is 3. The van der Waals surface area contributed by atoms with Crippen LogP contribution < -0.4 is 5.32 Å². The zero-order valence-corrected chi connectivity index (χ0v) is 19.9. The van der Waals surface area contributed by atoms with Gasteiger partial charge in [0.25, 0.3) is 0 Å². The van der Waals surface area contributed by atoms with Crippen molar-refractivity contribution >= 4 is 27.2 Å². The summed E-state index contributed by atoms with van der Waals surface area (Å²) in [5.74, 6) is 3.01. The van der Waals surface area contributed by atoms with Gasteiger partial charge in [0, 0.05) is 49.8 Å². The third-order valence-corrected chi connectivity index (χ3v) is 8.79. The predicted octanol–water partition coefficient (Wildman–Crippen LogP) is 5.35. The van der Waals surface area contributed by atoms with Crippen molar-refractivity contribution in [3.63, 3.8) is 0 Å². The van der Waals surface area contributed by atoms with E-state index in [4.69, 9.17) is 4.74 Å². The molecule has 0 spiro atoms. The average molecular weight is 467 g/mol. The van der Waals surface area contributed by atoms with E-state index < -0.39 is 0 Å². The first-order valence-corrected chi connectivity index (χ1v) is 13.1. The van der Waals surface area contributed by atoms with Gasteiger partial charge in [-0.05, 0) is 79.5 Å². The van der Waals surface area contributed by atoms with Gasteiger partial charge in [0.05, 0.1) is 4.70 Å². The van der Waals surface area contributed by atoms with Gasteiger partial charge >= 0.3 is 0 Å². The topological polar surface area (TPSA) is 50.3 Å². The Morgan fingerprint density at radius 1 is 1.12 bits per heavy atom. The van der Waals surface area contributed by atoms with Crippen LogP contribution in [0.15, 0.2) is 29.6 Å². The molecule has 3 aliphatic rings. The molecule has 5 nitrogen and oxygen atoms in total. The zero-order valence-electron chi connectivity index (χ0n) is 19.1. The van der Waals surface area contributed by atoms with Crippen molar-refractivity contribution in [2.45, 2.75) is 38.6 Å². The van der Waals surface area contributed by atoms with Gasteiger partial charge in [0.2, 0.25) is 0 Å². The number of ether oxygens (including phenoxy) is 1. The summed E-state index contributed by atoms with van der Waals surface area (Å²) in [6, 6.07) is 7.39. The molecule has 33 heavy (non-hydrogen) atoms. The number of aromatic nitrogens is 2. The minimum atomic E-state index is -0.244. The van der Waals surface area contributed by atoms with E-state index in [0.717, 1.165) is 63.7 Å². The fourth-order valence-corrected chi connectivity index (χ4v) is 7.02. The lowest BCUT2D eigenvalue weighted by Gasteiger charge is -2.27. The first kappa shape index (κ1) is 21.4. The van der Waals surface area contributed by atoms with Crippen LogP contribution in [0, 0.1) is 30.5 Å². The number of rotatable bonds is 5. The monoisotopic (exact) mass is 466 g/mol. The highest BCUT2D eigenvalue weighted by molar-refractivity contribution is 7.17. The van der Waals surface area contributed by atoms with Crippen molar-refractivity contribution in [3.8, 4) is 11.3 Å². The molecule has 0 bridgehead atoms. The minimum absolute atomic E-state index is 0.244. The number of aryl methyl sites for hydroxylation is 1. The summed E-state index contributed by atoms with van der Waals surface area (Å²) in [6.07, 6.45) is 4.84. The van der Waals surface area contributed by atoms with Crippen LogP contribution in [0.2, 0.25) is 0 Å². The maximum Gasteiger partial charge on any atom is 0.166 e. The predicted molar refractivity (Wildman–Crippen MR) is 131 cm³/mol. The van der Waals surface area contributed by atoms with E-state index in [1.807, 2.05) is 6.92 Å². The van der Waals surface area contributed by atoms with Crippen LogP contribution >= 0.6 is 11.3 Å². The third kappa shape index (κ3) is 4.27. The molecule has 1 saturated carbocycles. The lowest BCUT2D eigenvalue weighted by molar-refractivity contribution is 0.0545. The number of nitrogens with one attached hydrogen (secondary N) is 1. The second kappa shape index (κ2) is 8.93. The number of hydrogen-bond acceptors (Lipinski definition) is 6. The number of halogens is 1. The van der Waals surface area contributed by atoms with Crippen molar-refractivity contribution in [2.24, 2.45) is 17.8 Å². The number of likely N-dealkylation sites (tertiary alicyclic amines) is 1. The molecule has 3 atom stereocenters. The Hall–Kier alpha value is -2.09. The smallest absolute Gasteiger partial charge is 0.166 e. The molecule has 2 saturated heterocycles. The standard InChI is InChI=1S/C26H31FN4OS/c1-16-2-3-20(27)12-23(16)24-22-6-9-33-25(22)26(30-29-24)28-21-10-18-14-31(15-19(18)11-21)13-17-4-7-32-8-5-17/h2-3,6,9,12,17-19,21H,4-5,7-8,10-11,13-15H2,1H3,(H,28,30)/t18-,19+,21?. The lowest BCUT2D eigenvalue weighted by atomic mass is 10.00. The molecule has 174 valence electrons. The molecule has 3 aromatic rings. The molecule has 1 N–H and O–H groups in total. The van der Waals surface area contributed by atoms with E-state index in [-0.39, 0.29) is 5.82 Å². The van der Waals surface area contributed by atoms with E-state index in [1.54, 1.807) is 23.5 Å². The Labute approximate surface area is 198 Å². The number of thiophene rings is 1. The van der Waals surface area contributed by atoms with Crippen molar-refractivity contribution in [1.82, 2.24) is 15.1 Å². The summed E-state index contributed by atoms with van der Waals surface area (Å²) in [5, 5.41) is 16.0. The molecular weight excluding hydrogens is 435 g/mol. The van der Waals surface area contributed by atoms with Gasteiger partial charge in [-0.25, -0.2) is 4.39 Å². The maximum absolute atomic E-state index is 13.9. The summed E-state index contributed by atoms with van der Waals surface area (Å²) in [6.45, 7) is 7.58. The third-order valence-electron chi connectivity index (χ3n) is 7.86. The van der Waals surface area contributed by atoms with Crippen LogP contribution in [0.1, 0.15) is 31.2 Å². The van der Waals surface area contributed by atoms with Gasteiger partial charge in [0.1, 0.15) is 11.5 Å². The minimum Gasteiger partial charge on any atom is -0.381 e. The molecular formula is C26H31FN4OS. The summed E-state index contributed by atoms with van der Waals surface area (Å²) >= 11 is 1.68. The molecule has 0 radical (unpaired) electrons. The van der Waals surface area contributed by atoms with Gasteiger partial charge in [-0.1, -0.05) is 6.07 Å². The van der Waals surface area contributed by atoms with Gasteiger partial charge in [-0.15, -0.1) is 21.5 Å². The maximum atomic E-state index is 13.9. The molecule has 1 unspecified atom stereocenters. The van der Waals surface area contributed by atoms with E-state index in [2.05, 4.69) is 31.9 Å². The Morgan fingerprint density at radius 2 is 1.91 bits per heavy atom. The van der Waals surface area contributed by atoms with Crippen LogP contribution in [0.5, 0.6) is 0 Å². The molecule has 2 aliphatic heterocycles. The largest absolute Gasteiger partial charge is 0.381 e. The van der Waals surface area contributed by atoms with Crippen LogP contribution in [-0.2, 0) is 4.74 Å². The normalized spacial score (nSPS) is 26.2. The summed E-state index contributed by atoms with van der Waals surface area (Å²) in [5.41, 5.74) is 2.59. The summed E-state index contributed by atoms with van der Waals surface area (Å²) in [4.78, 5) is 2.70. The molecule has 2 aromatic heterocycles. The first-order valence-electron chi connectivity index (χ1n) is 12.2. The number of fused-ring (bicyclic) bond motifs is 2. The Bertz CT molecular complexity index is 1130. The molecule has 1 aliphatic carbocycles. The highest BCUT2D eigenvalue weighted by atomic mass is 32.1. The Kier molecular flexibility index (Phi) is 5.80. The van der Waals surface area contributed by atoms with Crippen molar-refractivity contribution in [1.29, 1.82) is 0 Å².